The zero-order valence-electron chi connectivity index (χ0n) is 15.3. The molecule has 5 heteroatoms. The number of nitrogens with zero attached hydrogens (tertiary/aromatic N) is 3. The third kappa shape index (κ3) is 3.62. The standard InChI is InChI=1S/C23H15N3O.Cs/c27-21-11-9-17(14-18(21)20-5-1-2-12-24-20)19-10-8-16-7-6-15-4-3-13-25-22(15)23(16)26-19;/h1-14,27H;/q;+1/p-1. The van der Waals surface area contributed by atoms with Crippen molar-refractivity contribution in [2.75, 3.05) is 0 Å². The summed E-state index contributed by atoms with van der Waals surface area (Å²) >= 11 is 0. The molecule has 0 aliphatic heterocycles. The van der Waals surface area contributed by atoms with Crippen LogP contribution in [0.3, 0.4) is 0 Å². The maximum Gasteiger partial charge on any atom is 1.00 e. The van der Waals surface area contributed by atoms with Crippen molar-refractivity contribution in [2.45, 2.75) is 0 Å². The zero-order chi connectivity index (χ0) is 18.2. The number of hydrogen-bond donors (Lipinski definition) is 0. The summed E-state index contributed by atoms with van der Waals surface area (Å²) in [5.41, 5.74) is 4.66. The van der Waals surface area contributed by atoms with Gasteiger partial charge in [0.15, 0.2) is 0 Å². The molecule has 5 aromatic rings. The molecule has 0 fully saturated rings. The van der Waals surface area contributed by atoms with Crippen LogP contribution < -0.4 is 74.0 Å². The number of benzene rings is 2. The summed E-state index contributed by atoms with van der Waals surface area (Å²) < 4.78 is 0. The van der Waals surface area contributed by atoms with Gasteiger partial charge in [-0.25, -0.2) is 4.98 Å². The van der Waals surface area contributed by atoms with Gasteiger partial charge < -0.3 is 5.11 Å². The van der Waals surface area contributed by atoms with Crippen LogP contribution in [0.4, 0.5) is 0 Å². The molecule has 3 heterocycles. The van der Waals surface area contributed by atoms with Crippen molar-refractivity contribution >= 4 is 21.8 Å². The second-order valence-electron chi connectivity index (χ2n) is 6.33. The molecule has 3 aromatic heterocycles. The molecule has 0 amide bonds. The van der Waals surface area contributed by atoms with E-state index < -0.39 is 0 Å². The molecule has 4 nitrogen and oxygen atoms in total. The van der Waals surface area contributed by atoms with Crippen molar-refractivity contribution in [2.24, 2.45) is 0 Å². The number of hydrogen-bond acceptors (Lipinski definition) is 4. The molecule has 128 valence electrons. The van der Waals surface area contributed by atoms with Gasteiger partial charge in [-0.05, 0) is 35.9 Å². The monoisotopic (exact) mass is 481 g/mol. The normalized spacial score (nSPS) is 10.7. The van der Waals surface area contributed by atoms with Crippen LogP contribution >= 0.6 is 0 Å². The van der Waals surface area contributed by atoms with Crippen molar-refractivity contribution < 1.29 is 74.0 Å². The van der Waals surface area contributed by atoms with E-state index in [9.17, 15) is 5.11 Å². The second kappa shape index (κ2) is 8.33. The maximum absolute atomic E-state index is 12.3. The van der Waals surface area contributed by atoms with Crippen LogP contribution in [0.2, 0.25) is 0 Å². The third-order valence-electron chi connectivity index (χ3n) is 4.65. The van der Waals surface area contributed by atoms with Crippen molar-refractivity contribution in [3.8, 4) is 28.3 Å². The average Bonchev–Trinajstić information content (AvgIpc) is 2.74. The molecule has 5 rings (SSSR count). The smallest absolute Gasteiger partial charge is 0.872 e. The number of fused-ring (bicyclic) bond motifs is 3. The molecular formula is C23H14CsN3O. The summed E-state index contributed by atoms with van der Waals surface area (Å²) in [7, 11) is 0. The summed E-state index contributed by atoms with van der Waals surface area (Å²) in [5.74, 6) is -0.0506. The first-order valence-electron chi connectivity index (χ1n) is 8.67. The second-order valence-corrected chi connectivity index (χ2v) is 6.33. The minimum absolute atomic E-state index is 0. The Morgan fingerprint density at radius 3 is 2.25 bits per heavy atom. The van der Waals surface area contributed by atoms with Gasteiger partial charge in [0.1, 0.15) is 0 Å². The fraction of sp³-hybridized carbons (Fsp3) is 0. The van der Waals surface area contributed by atoms with E-state index in [1.54, 1.807) is 18.5 Å². The van der Waals surface area contributed by atoms with Crippen molar-refractivity contribution in [3.63, 3.8) is 0 Å². The first-order chi connectivity index (χ1) is 13.3. The number of pyridine rings is 3. The van der Waals surface area contributed by atoms with Crippen LogP contribution in [-0.4, -0.2) is 15.0 Å². The molecule has 0 aliphatic rings. The van der Waals surface area contributed by atoms with E-state index in [4.69, 9.17) is 4.98 Å². The Bertz CT molecular complexity index is 1290. The van der Waals surface area contributed by atoms with Crippen LogP contribution in [-0.2, 0) is 0 Å². The van der Waals surface area contributed by atoms with E-state index in [0.717, 1.165) is 33.1 Å². The van der Waals surface area contributed by atoms with Crippen LogP contribution in [0, 0.1) is 0 Å². The van der Waals surface area contributed by atoms with E-state index in [-0.39, 0.29) is 74.6 Å². The van der Waals surface area contributed by atoms with Crippen LogP contribution in [0.25, 0.3) is 44.3 Å². The fourth-order valence-corrected chi connectivity index (χ4v) is 3.30. The Labute approximate surface area is 221 Å². The largest absolute Gasteiger partial charge is 1.00 e. The number of rotatable bonds is 2. The molecule has 0 saturated heterocycles. The fourth-order valence-electron chi connectivity index (χ4n) is 3.30. The minimum atomic E-state index is -0.0506. The first kappa shape index (κ1) is 19.6. The molecule has 0 bridgehead atoms. The molecule has 0 atom stereocenters. The van der Waals surface area contributed by atoms with E-state index in [1.807, 2.05) is 54.6 Å². The van der Waals surface area contributed by atoms with Crippen LogP contribution in [0.1, 0.15) is 0 Å². The Morgan fingerprint density at radius 2 is 1.43 bits per heavy atom. The summed E-state index contributed by atoms with van der Waals surface area (Å²) in [6, 6.07) is 22.9. The maximum atomic E-state index is 12.3. The SMILES string of the molecule is [Cs+].[O-]c1ccc(-c2ccc3ccc4cccnc4c3n2)cc1-c1ccccn1. The van der Waals surface area contributed by atoms with Crippen molar-refractivity contribution in [1.29, 1.82) is 0 Å². The molecule has 0 spiro atoms. The van der Waals surface area contributed by atoms with Gasteiger partial charge in [-0.2, -0.15) is 0 Å². The van der Waals surface area contributed by atoms with Crippen molar-refractivity contribution in [1.82, 2.24) is 15.0 Å². The molecule has 28 heavy (non-hydrogen) atoms. The summed E-state index contributed by atoms with van der Waals surface area (Å²) in [6.45, 7) is 0. The van der Waals surface area contributed by atoms with Gasteiger partial charge in [0.05, 0.1) is 22.4 Å². The molecule has 2 aromatic carbocycles. The predicted octanol–water partition coefficient (Wildman–Crippen LogP) is 1.59. The van der Waals surface area contributed by atoms with E-state index in [1.165, 1.54) is 0 Å². The summed E-state index contributed by atoms with van der Waals surface area (Å²) in [4.78, 5) is 13.7. The summed E-state index contributed by atoms with van der Waals surface area (Å²) in [5, 5.41) is 14.4. The van der Waals surface area contributed by atoms with E-state index >= 15 is 0 Å². The minimum Gasteiger partial charge on any atom is -0.872 e. The topological polar surface area (TPSA) is 61.7 Å². The molecule has 0 N–H and O–H groups in total. The van der Waals surface area contributed by atoms with E-state index in [0.29, 0.717) is 11.3 Å². The zero-order valence-corrected chi connectivity index (χ0v) is 21.6. The van der Waals surface area contributed by atoms with Gasteiger partial charge in [0, 0.05) is 28.7 Å². The first-order valence-corrected chi connectivity index (χ1v) is 8.67. The molecule has 0 radical (unpaired) electrons. The van der Waals surface area contributed by atoms with Crippen LogP contribution in [0.15, 0.2) is 85.2 Å². The summed E-state index contributed by atoms with van der Waals surface area (Å²) in [6.07, 6.45) is 3.47. The van der Waals surface area contributed by atoms with Gasteiger partial charge in [0.25, 0.3) is 0 Å². The van der Waals surface area contributed by atoms with Gasteiger partial charge in [0.2, 0.25) is 0 Å². The molecule has 0 unspecified atom stereocenters. The Kier molecular flexibility index (Phi) is 5.82. The Hall–Kier alpha value is -1.74. The van der Waals surface area contributed by atoms with Crippen LogP contribution in [0.5, 0.6) is 5.75 Å². The quantitative estimate of drug-likeness (QED) is 0.360. The molecule has 0 saturated carbocycles. The van der Waals surface area contributed by atoms with Gasteiger partial charge in [-0.3, -0.25) is 9.97 Å². The third-order valence-corrected chi connectivity index (χ3v) is 4.65. The van der Waals surface area contributed by atoms with Crippen molar-refractivity contribution in [3.05, 3.63) is 85.2 Å². The Morgan fingerprint density at radius 1 is 0.643 bits per heavy atom. The van der Waals surface area contributed by atoms with E-state index in [2.05, 4.69) is 22.1 Å². The predicted molar refractivity (Wildman–Crippen MR) is 105 cm³/mol. The average molecular weight is 481 g/mol. The Balaban J connectivity index is 0.00000192. The molecular weight excluding hydrogens is 467 g/mol. The molecule has 0 aliphatic carbocycles. The van der Waals surface area contributed by atoms with Gasteiger partial charge in [-0.1, -0.05) is 48.2 Å². The van der Waals surface area contributed by atoms with Gasteiger partial charge in [-0.15, -0.1) is 0 Å². The number of aromatic nitrogens is 3. The van der Waals surface area contributed by atoms with Gasteiger partial charge >= 0.3 is 68.9 Å².